The van der Waals surface area contributed by atoms with Crippen molar-refractivity contribution in [1.82, 2.24) is 19.3 Å². The summed E-state index contributed by atoms with van der Waals surface area (Å²) in [6.07, 6.45) is 5.70. The molecule has 0 atom stereocenters. The summed E-state index contributed by atoms with van der Waals surface area (Å²) < 4.78 is 21.4. The molecule has 6 nitrogen and oxygen atoms in total. The lowest BCUT2D eigenvalue weighted by atomic mass is 10.1. The van der Waals surface area contributed by atoms with Crippen LogP contribution in [-0.4, -0.2) is 84.1 Å². The molecule has 1 amide bonds. The van der Waals surface area contributed by atoms with Crippen LogP contribution in [0.3, 0.4) is 0 Å². The van der Waals surface area contributed by atoms with Gasteiger partial charge < -0.3 is 19.1 Å². The number of piperazine rings is 1. The van der Waals surface area contributed by atoms with E-state index >= 15 is 0 Å². The van der Waals surface area contributed by atoms with Crippen molar-refractivity contribution in [2.45, 2.75) is 47.1 Å². The zero-order chi connectivity index (χ0) is 28.5. The normalized spacial score (nSPS) is 14.6. The number of rotatable bonds is 13. The Kier molecular flexibility index (Phi) is 10.8. The lowest BCUT2D eigenvalue weighted by Crippen LogP contribution is -2.48. The molecule has 0 saturated carbocycles. The molecule has 0 unspecified atom stereocenters. The SMILES string of the molecule is CCOc1ccc2c(c1)c(/C=C/C(=O)N1CCN(CCc3ccc(F)cc3)CC1)c(C)n2CCCN(CC)CC. The van der Waals surface area contributed by atoms with Gasteiger partial charge in [0.2, 0.25) is 5.91 Å². The molecule has 1 saturated heterocycles. The van der Waals surface area contributed by atoms with E-state index in [0.29, 0.717) is 19.7 Å². The van der Waals surface area contributed by atoms with Gasteiger partial charge in [0.05, 0.1) is 6.61 Å². The lowest BCUT2D eigenvalue weighted by molar-refractivity contribution is -0.127. The van der Waals surface area contributed by atoms with Crippen LogP contribution in [0.15, 0.2) is 48.5 Å². The molecule has 40 heavy (non-hydrogen) atoms. The van der Waals surface area contributed by atoms with Crippen molar-refractivity contribution in [2.75, 3.05) is 59.0 Å². The number of carbonyl (C=O) groups is 1. The van der Waals surface area contributed by atoms with Gasteiger partial charge in [-0.05, 0) is 88.3 Å². The van der Waals surface area contributed by atoms with Crippen LogP contribution in [0.2, 0.25) is 0 Å². The average Bonchev–Trinajstić information content (AvgIpc) is 3.23. The highest BCUT2D eigenvalue weighted by Gasteiger charge is 2.20. The summed E-state index contributed by atoms with van der Waals surface area (Å²) in [7, 11) is 0. The van der Waals surface area contributed by atoms with Crippen LogP contribution in [0.25, 0.3) is 17.0 Å². The van der Waals surface area contributed by atoms with Gasteiger partial charge >= 0.3 is 0 Å². The molecule has 216 valence electrons. The molecule has 0 radical (unpaired) electrons. The molecule has 7 heteroatoms. The van der Waals surface area contributed by atoms with Gasteiger partial charge in [0, 0.05) is 67.5 Å². The number of hydrogen-bond acceptors (Lipinski definition) is 4. The first kappa shape index (κ1) is 29.8. The van der Waals surface area contributed by atoms with E-state index in [9.17, 15) is 9.18 Å². The highest BCUT2D eigenvalue weighted by atomic mass is 19.1. The van der Waals surface area contributed by atoms with Gasteiger partial charge in [-0.1, -0.05) is 26.0 Å². The van der Waals surface area contributed by atoms with Crippen molar-refractivity contribution in [2.24, 2.45) is 0 Å². The van der Waals surface area contributed by atoms with Crippen molar-refractivity contribution >= 4 is 22.9 Å². The fraction of sp³-hybridized carbons (Fsp3) is 0.485. The van der Waals surface area contributed by atoms with E-state index in [1.54, 1.807) is 6.08 Å². The van der Waals surface area contributed by atoms with Gasteiger partial charge in [0.25, 0.3) is 0 Å². The molecule has 3 aromatic rings. The quantitative estimate of drug-likeness (QED) is 0.260. The van der Waals surface area contributed by atoms with Crippen LogP contribution in [0, 0.1) is 12.7 Å². The fourth-order valence-corrected chi connectivity index (χ4v) is 5.62. The Balaban J connectivity index is 1.41. The maximum atomic E-state index is 13.2. The van der Waals surface area contributed by atoms with Crippen LogP contribution in [0.5, 0.6) is 5.75 Å². The minimum Gasteiger partial charge on any atom is -0.494 e. The minimum absolute atomic E-state index is 0.0565. The third-order valence-electron chi connectivity index (χ3n) is 8.11. The summed E-state index contributed by atoms with van der Waals surface area (Å²) in [5.41, 5.74) is 4.59. The highest BCUT2D eigenvalue weighted by molar-refractivity contribution is 5.98. The number of halogens is 1. The number of benzene rings is 2. The van der Waals surface area contributed by atoms with Gasteiger partial charge in [0.1, 0.15) is 11.6 Å². The topological polar surface area (TPSA) is 41.0 Å². The molecule has 2 heterocycles. The van der Waals surface area contributed by atoms with Gasteiger partial charge in [0.15, 0.2) is 0 Å². The fourth-order valence-electron chi connectivity index (χ4n) is 5.62. The number of nitrogens with zero attached hydrogens (tertiary/aromatic N) is 4. The minimum atomic E-state index is -0.200. The summed E-state index contributed by atoms with van der Waals surface area (Å²) >= 11 is 0. The molecular formula is C33H45FN4O2. The monoisotopic (exact) mass is 548 g/mol. The van der Waals surface area contributed by atoms with E-state index in [2.05, 4.69) is 47.3 Å². The van der Waals surface area contributed by atoms with Gasteiger partial charge in [-0.3, -0.25) is 9.69 Å². The Labute approximate surface area is 239 Å². The molecule has 0 N–H and O–H groups in total. The van der Waals surface area contributed by atoms with Crippen LogP contribution >= 0.6 is 0 Å². The summed E-state index contributed by atoms with van der Waals surface area (Å²) in [5.74, 6) is 0.711. The smallest absolute Gasteiger partial charge is 0.246 e. The Hall–Kier alpha value is -3.16. The molecule has 2 aromatic carbocycles. The zero-order valence-corrected chi connectivity index (χ0v) is 24.7. The number of carbonyl (C=O) groups excluding carboxylic acids is 1. The molecule has 0 spiro atoms. The molecule has 4 rings (SSSR count). The van der Waals surface area contributed by atoms with Crippen LogP contribution in [0.1, 0.15) is 44.0 Å². The molecule has 0 aliphatic carbocycles. The van der Waals surface area contributed by atoms with Gasteiger partial charge in [-0.25, -0.2) is 4.39 Å². The number of fused-ring (bicyclic) bond motifs is 1. The number of amides is 1. The maximum Gasteiger partial charge on any atom is 0.246 e. The molecule has 1 aromatic heterocycles. The Bertz CT molecular complexity index is 1270. The Morgan fingerprint density at radius 1 is 1.00 bits per heavy atom. The predicted octanol–water partition coefficient (Wildman–Crippen LogP) is 5.62. The van der Waals surface area contributed by atoms with Crippen molar-refractivity contribution in [3.05, 3.63) is 71.2 Å². The second kappa shape index (κ2) is 14.5. The van der Waals surface area contributed by atoms with Crippen molar-refractivity contribution in [1.29, 1.82) is 0 Å². The molecule has 1 aliphatic rings. The highest BCUT2D eigenvalue weighted by Crippen LogP contribution is 2.31. The first-order valence-electron chi connectivity index (χ1n) is 14.8. The molecule has 1 fully saturated rings. The van der Waals surface area contributed by atoms with E-state index in [1.165, 1.54) is 23.3 Å². The maximum absolute atomic E-state index is 13.2. The summed E-state index contributed by atoms with van der Waals surface area (Å²) in [6, 6.07) is 13.0. The van der Waals surface area contributed by atoms with Crippen molar-refractivity contribution in [3.8, 4) is 5.75 Å². The number of aromatic nitrogens is 1. The third-order valence-corrected chi connectivity index (χ3v) is 8.11. The largest absolute Gasteiger partial charge is 0.494 e. The number of aryl methyl sites for hydroxylation is 1. The first-order valence-corrected chi connectivity index (χ1v) is 14.8. The number of hydrogen-bond donors (Lipinski definition) is 0. The summed E-state index contributed by atoms with van der Waals surface area (Å²) in [4.78, 5) is 19.9. The van der Waals surface area contributed by atoms with E-state index in [0.717, 1.165) is 80.9 Å². The van der Waals surface area contributed by atoms with E-state index < -0.39 is 0 Å². The van der Waals surface area contributed by atoms with E-state index in [1.807, 2.05) is 36.1 Å². The average molecular weight is 549 g/mol. The lowest BCUT2D eigenvalue weighted by Gasteiger charge is -2.34. The number of ether oxygens (including phenoxy) is 1. The molecule has 1 aliphatic heterocycles. The summed E-state index contributed by atoms with van der Waals surface area (Å²) in [6.45, 7) is 17.4. The summed E-state index contributed by atoms with van der Waals surface area (Å²) in [5, 5.41) is 1.13. The van der Waals surface area contributed by atoms with Crippen LogP contribution < -0.4 is 4.74 Å². The predicted molar refractivity (Wildman–Crippen MR) is 162 cm³/mol. The molecular weight excluding hydrogens is 503 g/mol. The van der Waals surface area contributed by atoms with Gasteiger partial charge in [-0.2, -0.15) is 0 Å². The first-order chi connectivity index (χ1) is 19.4. The van der Waals surface area contributed by atoms with E-state index in [4.69, 9.17) is 4.74 Å². The third kappa shape index (κ3) is 7.52. The van der Waals surface area contributed by atoms with Crippen molar-refractivity contribution in [3.63, 3.8) is 0 Å². The standard InChI is InChI=1S/C33H45FN4O2/c1-5-35(6-2)18-8-19-38-26(4)30(31-25-29(40-7-3)13-15-32(31)38)14-16-33(39)37-23-21-36(22-24-37)20-17-27-9-11-28(34)12-10-27/h9-16,25H,5-8,17-24H2,1-4H3/b16-14+. The van der Waals surface area contributed by atoms with E-state index in [-0.39, 0.29) is 11.7 Å². The zero-order valence-electron chi connectivity index (χ0n) is 24.7. The van der Waals surface area contributed by atoms with Crippen molar-refractivity contribution < 1.29 is 13.9 Å². The Morgan fingerprint density at radius 3 is 2.40 bits per heavy atom. The van der Waals surface area contributed by atoms with Gasteiger partial charge in [-0.15, -0.1) is 0 Å². The second-order valence-electron chi connectivity index (χ2n) is 10.5. The second-order valence-corrected chi connectivity index (χ2v) is 10.5. The molecule has 0 bridgehead atoms. The Morgan fingerprint density at radius 2 is 1.73 bits per heavy atom. The van der Waals surface area contributed by atoms with Crippen LogP contribution in [0.4, 0.5) is 4.39 Å². The van der Waals surface area contributed by atoms with Crippen LogP contribution in [-0.2, 0) is 17.8 Å².